The summed E-state index contributed by atoms with van der Waals surface area (Å²) in [6.45, 7) is 19.2. The average Bonchev–Trinajstić information content (AvgIpc) is 3.09. The van der Waals surface area contributed by atoms with Crippen LogP contribution in [0.15, 0.2) is 36.7 Å². The van der Waals surface area contributed by atoms with Crippen molar-refractivity contribution in [3.8, 4) is 11.4 Å². The normalized spacial score (nSPS) is 13.5. The highest BCUT2D eigenvalue weighted by Crippen LogP contribution is 2.19. The Morgan fingerprint density at radius 1 is 0.519 bits per heavy atom. The summed E-state index contributed by atoms with van der Waals surface area (Å²) in [6.07, 6.45) is 4.26. The molecule has 4 N–H and O–H groups in total. The van der Waals surface area contributed by atoms with Gasteiger partial charge in [0, 0.05) is 23.5 Å². The Bertz CT molecular complexity index is 1460. The van der Waals surface area contributed by atoms with Crippen LogP contribution in [0.25, 0.3) is 11.4 Å². The zero-order chi connectivity index (χ0) is 40.5. The first-order valence-corrected chi connectivity index (χ1v) is 18.9. The molecule has 0 saturated heterocycles. The van der Waals surface area contributed by atoms with Gasteiger partial charge in [0.1, 0.15) is 24.2 Å². The van der Waals surface area contributed by atoms with Crippen LogP contribution in [0, 0.1) is 23.7 Å². The highest BCUT2D eigenvalue weighted by atomic mass is 16.5. The number of carbonyl (C=O) groups excluding carboxylic acids is 6. The van der Waals surface area contributed by atoms with E-state index in [0.29, 0.717) is 37.1 Å². The number of carbonyl (C=O) groups is 6. The minimum absolute atomic E-state index is 0.0449. The minimum Gasteiger partial charge on any atom is -0.464 e. The van der Waals surface area contributed by atoms with Crippen LogP contribution in [-0.4, -0.2) is 82.9 Å². The molecule has 4 atom stereocenters. The summed E-state index contributed by atoms with van der Waals surface area (Å²) in [7, 11) is 0. The molecule has 0 aliphatic carbocycles. The molecule has 0 bridgehead atoms. The highest BCUT2D eigenvalue weighted by Gasteiger charge is 2.31. The van der Waals surface area contributed by atoms with Gasteiger partial charge in [-0.25, -0.2) is 9.59 Å². The number of pyridine rings is 2. The first-order valence-electron chi connectivity index (χ1n) is 18.9. The molecule has 14 heteroatoms. The minimum atomic E-state index is -0.933. The fraction of sp³-hybridized carbons (Fsp3) is 0.600. The quantitative estimate of drug-likeness (QED) is 0.131. The molecule has 0 aliphatic rings. The summed E-state index contributed by atoms with van der Waals surface area (Å²) >= 11 is 0. The molecule has 2 rings (SSSR count). The van der Waals surface area contributed by atoms with Gasteiger partial charge in [-0.3, -0.25) is 29.1 Å². The molecule has 0 radical (unpaired) electrons. The van der Waals surface area contributed by atoms with Gasteiger partial charge in [0.25, 0.3) is 11.8 Å². The predicted octanol–water partition coefficient (Wildman–Crippen LogP) is 4.62. The van der Waals surface area contributed by atoms with Crippen molar-refractivity contribution in [2.45, 2.75) is 119 Å². The standard InChI is InChI=1S/C40H60N6O8/c1-11-53-39(51)33(19-25(7)8)45-37(49)31(17-23(3)4)43-35(47)27-13-15-41-29(21-27)30-22-28(14-16-42-30)36(48)44-32(18-24(5)6)38(50)46-34(20-26(9)10)40(52)54-12-2/h13-16,21-26,31-34H,11-12,17-20H2,1-10H3,(H,43,47)(H,44,48)(H,45,49)(H,46,50)/t31-,32-,33-,34-/m0/s1. The van der Waals surface area contributed by atoms with E-state index in [2.05, 4.69) is 31.2 Å². The summed E-state index contributed by atoms with van der Waals surface area (Å²) in [5, 5.41) is 11.2. The van der Waals surface area contributed by atoms with Crippen LogP contribution in [0.2, 0.25) is 0 Å². The lowest BCUT2D eigenvalue weighted by Crippen LogP contribution is -2.52. The van der Waals surface area contributed by atoms with E-state index >= 15 is 0 Å². The number of nitrogens with zero attached hydrogens (tertiary/aromatic N) is 2. The molecule has 4 amide bonds. The van der Waals surface area contributed by atoms with E-state index in [9.17, 15) is 28.8 Å². The lowest BCUT2D eigenvalue weighted by Gasteiger charge is -2.24. The molecule has 0 aromatic carbocycles. The van der Waals surface area contributed by atoms with Crippen LogP contribution < -0.4 is 21.3 Å². The fourth-order valence-electron chi connectivity index (χ4n) is 5.71. The second-order valence-electron chi connectivity index (χ2n) is 15.1. The maximum Gasteiger partial charge on any atom is 0.328 e. The van der Waals surface area contributed by atoms with Crippen molar-refractivity contribution in [3.63, 3.8) is 0 Å². The summed E-state index contributed by atoms with van der Waals surface area (Å²) in [5.74, 6) is -2.81. The van der Waals surface area contributed by atoms with Gasteiger partial charge in [-0.15, -0.1) is 0 Å². The van der Waals surface area contributed by atoms with Crippen LogP contribution in [-0.2, 0) is 28.7 Å². The first-order chi connectivity index (χ1) is 25.4. The van der Waals surface area contributed by atoms with E-state index in [1.807, 2.05) is 55.4 Å². The van der Waals surface area contributed by atoms with Gasteiger partial charge in [0.2, 0.25) is 11.8 Å². The van der Waals surface area contributed by atoms with Gasteiger partial charge >= 0.3 is 11.9 Å². The van der Waals surface area contributed by atoms with Gasteiger partial charge in [-0.2, -0.15) is 0 Å². The van der Waals surface area contributed by atoms with Crippen LogP contribution in [0.4, 0.5) is 0 Å². The maximum atomic E-state index is 13.5. The van der Waals surface area contributed by atoms with E-state index in [4.69, 9.17) is 9.47 Å². The fourth-order valence-corrected chi connectivity index (χ4v) is 5.71. The Morgan fingerprint density at radius 2 is 0.833 bits per heavy atom. The zero-order valence-electron chi connectivity index (χ0n) is 33.5. The molecule has 2 aromatic heterocycles. The van der Waals surface area contributed by atoms with Gasteiger partial charge < -0.3 is 30.7 Å². The molecule has 0 aliphatic heterocycles. The zero-order valence-corrected chi connectivity index (χ0v) is 33.5. The van der Waals surface area contributed by atoms with Gasteiger partial charge in [-0.1, -0.05) is 55.4 Å². The van der Waals surface area contributed by atoms with E-state index in [1.54, 1.807) is 13.8 Å². The van der Waals surface area contributed by atoms with Gasteiger partial charge in [-0.05, 0) is 87.5 Å². The third kappa shape index (κ3) is 15.2. The molecular formula is C40H60N6O8. The third-order valence-corrected chi connectivity index (χ3v) is 8.15. The van der Waals surface area contributed by atoms with E-state index < -0.39 is 59.7 Å². The van der Waals surface area contributed by atoms with Gasteiger partial charge in [0.05, 0.1) is 24.6 Å². The van der Waals surface area contributed by atoms with Crippen molar-refractivity contribution in [2.24, 2.45) is 23.7 Å². The van der Waals surface area contributed by atoms with Crippen molar-refractivity contribution in [3.05, 3.63) is 47.8 Å². The second kappa shape index (κ2) is 22.4. The Morgan fingerprint density at radius 3 is 1.13 bits per heavy atom. The van der Waals surface area contributed by atoms with Crippen molar-refractivity contribution in [2.75, 3.05) is 13.2 Å². The maximum absolute atomic E-state index is 13.5. The molecular weight excluding hydrogens is 692 g/mol. The van der Waals surface area contributed by atoms with Crippen LogP contribution in [0.3, 0.4) is 0 Å². The van der Waals surface area contributed by atoms with Crippen LogP contribution in [0.1, 0.15) is 116 Å². The van der Waals surface area contributed by atoms with Gasteiger partial charge in [0.15, 0.2) is 0 Å². The summed E-state index contributed by atoms with van der Waals surface area (Å²) in [4.78, 5) is 87.8. The topological polar surface area (TPSA) is 195 Å². The Labute approximate surface area is 319 Å². The Kier molecular flexibility index (Phi) is 18.8. The summed E-state index contributed by atoms with van der Waals surface area (Å²) < 4.78 is 10.3. The van der Waals surface area contributed by atoms with Crippen molar-refractivity contribution >= 4 is 35.6 Å². The molecule has 14 nitrogen and oxygen atoms in total. The molecule has 0 saturated carbocycles. The van der Waals surface area contributed by atoms with Crippen molar-refractivity contribution in [1.29, 1.82) is 0 Å². The molecule has 2 aromatic rings. The number of amides is 4. The Balaban J connectivity index is 2.29. The van der Waals surface area contributed by atoms with Crippen molar-refractivity contribution in [1.82, 2.24) is 31.2 Å². The SMILES string of the molecule is CCOC(=O)[C@H](CC(C)C)NC(=O)[C@H](CC(C)C)NC(=O)c1ccnc(-c2cc(C(=O)N[C@@H](CC(C)C)C(=O)N[C@@H](CC(C)C)C(=O)OCC)ccn2)c1. The number of aromatic nitrogens is 2. The molecule has 298 valence electrons. The first kappa shape index (κ1) is 45.3. The summed E-state index contributed by atoms with van der Waals surface area (Å²) in [6, 6.07) is 2.43. The molecule has 0 fully saturated rings. The molecule has 0 spiro atoms. The molecule has 2 heterocycles. The Hall–Kier alpha value is -4.88. The van der Waals surface area contributed by atoms with Crippen molar-refractivity contribution < 1.29 is 38.2 Å². The number of esters is 2. The van der Waals surface area contributed by atoms with Crippen LogP contribution in [0.5, 0.6) is 0 Å². The number of nitrogens with one attached hydrogen (secondary N) is 4. The van der Waals surface area contributed by atoms with E-state index in [1.165, 1.54) is 36.7 Å². The summed E-state index contributed by atoms with van der Waals surface area (Å²) in [5.41, 5.74) is 0.995. The lowest BCUT2D eigenvalue weighted by atomic mass is 10.00. The predicted molar refractivity (Wildman–Crippen MR) is 205 cm³/mol. The smallest absolute Gasteiger partial charge is 0.328 e. The van der Waals surface area contributed by atoms with Crippen LogP contribution >= 0.6 is 0 Å². The molecule has 54 heavy (non-hydrogen) atoms. The highest BCUT2D eigenvalue weighted by molar-refractivity contribution is 6.00. The number of ether oxygens (including phenoxy) is 2. The molecule has 0 unspecified atom stereocenters. The number of rotatable bonds is 21. The number of hydrogen-bond acceptors (Lipinski definition) is 10. The van der Waals surface area contributed by atoms with E-state index in [-0.39, 0.29) is 48.0 Å². The average molecular weight is 753 g/mol. The second-order valence-corrected chi connectivity index (χ2v) is 15.1. The lowest BCUT2D eigenvalue weighted by molar-refractivity contribution is -0.148. The largest absolute Gasteiger partial charge is 0.464 e. The van der Waals surface area contributed by atoms with E-state index in [0.717, 1.165) is 0 Å². The third-order valence-electron chi connectivity index (χ3n) is 8.15. The number of hydrogen-bond donors (Lipinski definition) is 4. The monoisotopic (exact) mass is 752 g/mol.